The molecule has 3 aliphatic rings. The number of rotatable bonds is 5. The van der Waals surface area contributed by atoms with Crippen LogP contribution in [0.25, 0.3) is 0 Å². The fourth-order valence-corrected chi connectivity index (χ4v) is 3.92. The molecule has 2 bridgehead atoms. The maximum Gasteiger partial charge on any atom is 0.312 e. The second-order valence-electron chi connectivity index (χ2n) is 6.77. The van der Waals surface area contributed by atoms with Crippen LogP contribution in [0, 0.1) is 11.2 Å². The zero-order valence-electron chi connectivity index (χ0n) is 13.4. The topological polar surface area (TPSA) is 60.3 Å². The Morgan fingerprint density at radius 1 is 1.26 bits per heavy atom. The molecule has 6 heteroatoms. The van der Waals surface area contributed by atoms with Crippen LogP contribution in [0.1, 0.15) is 50.2 Å². The van der Waals surface area contributed by atoms with Gasteiger partial charge in [-0.05, 0) is 51.5 Å². The molecule has 4 rings (SSSR count). The maximum atomic E-state index is 13.0. The zero-order chi connectivity index (χ0) is 16.5. The Labute approximate surface area is 135 Å². The summed E-state index contributed by atoms with van der Waals surface area (Å²) >= 11 is 0. The minimum Gasteiger partial charge on any atom is -0.466 e. The molecule has 0 saturated heterocycles. The van der Waals surface area contributed by atoms with E-state index in [9.17, 15) is 14.0 Å². The van der Waals surface area contributed by atoms with E-state index in [-0.39, 0.29) is 29.4 Å². The molecule has 1 aromatic heterocycles. The van der Waals surface area contributed by atoms with Crippen LogP contribution in [0.4, 0.5) is 4.39 Å². The minimum atomic E-state index is -0.411. The van der Waals surface area contributed by atoms with Crippen molar-refractivity contribution < 1.29 is 18.7 Å². The zero-order valence-corrected chi connectivity index (χ0v) is 13.4. The van der Waals surface area contributed by atoms with Crippen molar-refractivity contribution in [3.8, 4) is 0 Å². The highest BCUT2D eigenvalue weighted by atomic mass is 19.1. The first kappa shape index (κ1) is 16.2. The van der Waals surface area contributed by atoms with Crippen molar-refractivity contribution in [2.24, 2.45) is 5.41 Å². The van der Waals surface area contributed by atoms with Crippen molar-refractivity contribution in [1.29, 1.82) is 0 Å². The predicted molar refractivity (Wildman–Crippen MR) is 82.5 cm³/mol. The highest BCUT2D eigenvalue weighted by Crippen LogP contribution is 2.52. The summed E-state index contributed by atoms with van der Waals surface area (Å²) in [5.74, 6) is -0.644. The summed E-state index contributed by atoms with van der Waals surface area (Å²) in [6.45, 7) is 2.44. The summed E-state index contributed by atoms with van der Waals surface area (Å²) in [7, 11) is 0. The third-order valence-electron chi connectivity index (χ3n) is 5.51. The highest BCUT2D eigenvalue weighted by molar-refractivity contribution is 5.81. The second-order valence-corrected chi connectivity index (χ2v) is 6.77. The second kappa shape index (κ2) is 6.07. The van der Waals surface area contributed by atoms with Gasteiger partial charge in [0.25, 0.3) is 0 Å². The molecular weight excluding hydrogens is 299 g/mol. The van der Waals surface area contributed by atoms with Gasteiger partial charge in [-0.15, -0.1) is 0 Å². The first-order valence-corrected chi connectivity index (χ1v) is 8.28. The van der Waals surface area contributed by atoms with Crippen LogP contribution in [-0.4, -0.2) is 35.1 Å². The lowest BCUT2D eigenvalue weighted by Gasteiger charge is -2.52. The third-order valence-corrected chi connectivity index (χ3v) is 5.51. The fraction of sp³-hybridized carbons (Fsp3) is 0.647. The Hall–Kier alpha value is -1.69. The van der Waals surface area contributed by atoms with E-state index in [4.69, 9.17) is 4.74 Å². The number of hydrogen-bond acceptors (Lipinski definition) is 4. The van der Waals surface area contributed by atoms with Crippen molar-refractivity contribution in [3.63, 3.8) is 0 Å². The van der Waals surface area contributed by atoms with Gasteiger partial charge >= 0.3 is 5.97 Å². The van der Waals surface area contributed by atoms with Crippen molar-refractivity contribution in [2.45, 2.75) is 51.0 Å². The summed E-state index contributed by atoms with van der Waals surface area (Å²) in [5.41, 5.74) is -0.386. The third kappa shape index (κ3) is 3.04. The standard InChI is InChI=1S/C17H23FN2O3/c1-2-23-15(22)16-4-7-17(8-5-16,9-6-16)19-11-14(21)20-10-3-13(18)12-20/h3,10,12,19H,2,4-9,11H2,1H3. The number of esters is 1. The first-order chi connectivity index (χ1) is 11.0. The van der Waals surface area contributed by atoms with Crippen LogP contribution in [0.3, 0.4) is 0 Å². The van der Waals surface area contributed by atoms with E-state index in [0.29, 0.717) is 6.61 Å². The molecule has 0 radical (unpaired) electrons. The van der Waals surface area contributed by atoms with E-state index in [1.165, 1.54) is 23.0 Å². The summed E-state index contributed by atoms with van der Waals surface area (Å²) in [6, 6.07) is 1.27. The molecule has 5 nitrogen and oxygen atoms in total. The van der Waals surface area contributed by atoms with Gasteiger partial charge in [-0.1, -0.05) is 0 Å². The summed E-state index contributed by atoms with van der Waals surface area (Å²) in [4.78, 5) is 24.3. The predicted octanol–water partition coefficient (Wildman–Crippen LogP) is 2.51. The SMILES string of the molecule is CCOC(=O)C12CCC(NCC(=O)n3ccc(F)c3)(CC1)CC2. The van der Waals surface area contributed by atoms with Crippen LogP contribution in [-0.2, 0) is 9.53 Å². The van der Waals surface area contributed by atoms with Crippen LogP contribution in [0.15, 0.2) is 18.5 Å². The molecule has 3 saturated carbocycles. The van der Waals surface area contributed by atoms with Gasteiger partial charge in [-0.2, -0.15) is 0 Å². The van der Waals surface area contributed by atoms with Crippen LogP contribution in [0.2, 0.25) is 0 Å². The van der Waals surface area contributed by atoms with Gasteiger partial charge < -0.3 is 10.1 Å². The Morgan fingerprint density at radius 2 is 1.91 bits per heavy atom. The van der Waals surface area contributed by atoms with Gasteiger partial charge in [-0.25, -0.2) is 4.39 Å². The van der Waals surface area contributed by atoms with Crippen molar-refractivity contribution >= 4 is 11.9 Å². The Morgan fingerprint density at radius 3 is 2.43 bits per heavy atom. The quantitative estimate of drug-likeness (QED) is 0.846. The lowest BCUT2D eigenvalue weighted by Crippen LogP contribution is -2.58. The Bertz CT molecular complexity index is 586. The van der Waals surface area contributed by atoms with Gasteiger partial charge in [-0.3, -0.25) is 14.2 Å². The van der Waals surface area contributed by atoms with Gasteiger partial charge in [0, 0.05) is 17.9 Å². The number of nitrogens with zero attached hydrogens (tertiary/aromatic N) is 1. The van der Waals surface area contributed by atoms with E-state index >= 15 is 0 Å². The van der Waals surface area contributed by atoms with Crippen molar-refractivity contribution in [3.05, 3.63) is 24.3 Å². The van der Waals surface area contributed by atoms with E-state index in [1.54, 1.807) is 0 Å². The number of carbonyl (C=O) groups excluding carboxylic acids is 2. The monoisotopic (exact) mass is 322 g/mol. The summed E-state index contributed by atoms with van der Waals surface area (Å²) < 4.78 is 19.5. The molecule has 0 aromatic carbocycles. The number of halogens is 1. The van der Waals surface area contributed by atoms with Crippen molar-refractivity contribution in [2.75, 3.05) is 13.2 Å². The van der Waals surface area contributed by atoms with E-state index in [1.807, 2.05) is 6.92 Å². The molecular formula is C17H23FN2O3. The lowest BCUT2D eigenvalue weighted by atomic mass is 9.57. The molecule has 0 spiro atoms. The van der Waals surface area contributed by atoms with Gasteiger partial charge in [0.15, 0.2) is 0 Å². The van der Waals surface area contributed by atoms with E-state index in [2.05, 4.69) is 5.32 Å². The smallest absolute Gasteiger partial charge is 0.312 e. The number of fused-ring (bicyclic) bond motifs is 3. The molecule has 3 aliphatic carbocycles. The van der Waals surface area contributed by atoms with Crippen LogP contribution < -0.4 is 5.32 Å². The van der Waals surface area contributed by atoms with Crippen LogP contribution >= 0.6 is 0 Å². The van der Waals surface area contributed by atoms with E-state index in [0.717, 1.165) is 38.5 Å². The number of ether oxygens (including phenoxy) is 1. The largest absolute Gasteiger partial charge is 0.466 e. The molecule has 1 heterocycles. The maximum absolute atomic E-state index is 13.0. The minimum absolute atomic E-state index is 0.0628. The van der Waals surface area contributed by atoms with Gasteiger partial charge in [0.05, 0.1) is 18.6 Å². The molecule has 1 N–H and O–H groups in total. The van der Waals surface area contributed by atoms with Gasteiger partial charge in [0.1, 0.15) is 5.82 Å². The molecule has 0 aliphatic heterocycles. The van der Waals surface area contributed by atoms with E-state index < -0.39 is 5.82 Å². The Balaban J connectivity index is 1.57. The first-order valence-electron chi connectivity index (χ1n) is 8.28. The molecule has 0 unspecified atom stereocenters. The Kier molecular flexibility index (Phi) is 4.27. The number of hydrogen-bond donors (Lipinski definition) is 1. The molecule has 3 fully saturated rings. The molecule has 0 amide bonds. The summed E-state index contributed by atoms with van der Waals surface area (Å²) in [5, 5.41) is 3.37. The number of nitrogens with one attached hydrogen (secondary N) is 1. The average molecular weight is 322 g/mol. The fourth-order valence-electron chi connectivity index (χ4n) is 3.92. The highest BCUT2D eigenvalue weighted by Gasteiger charge is 2.53. The molecule has 0 atom stereocenters. The van der Waals surface area contributed by atoms with Crippen molar-refractivity contribution in [1.82, 2.24) is 9.88 Å². The average Bonchev–Trinajstić information content (AvgIpc) is 3.01. The molecule has 23 heavy (non-hydrogen) atoms. The van der Waals surface area contributed by atoms with Gasteiger partial charge in [0.2, 0.25) is 5.91 Å². The van der Waals surface area contributed by atoms with Crippen LogP contribution in [0.5, 0.6) is 0 Å². The molecule has 1 aromatic rings. The lowest BCUT2D eigenvalue weighted by molar-refractivity contribution is -0.163. The summed E-state index contributed by atoms with van der Waals surface area (Å²) in [6.07, 6.45) is 7.68. The number of carbonyl (C=O) groups is 2. The normalized spacial score (nSPS) is 29.5. The number of aromatic nitrogens is 1. The molecule has 126 valence electrons.